The van der Waals surface area contributed by atoms with Crippen LogP contribution in [0.2, 0.25) is 18.1 Å². The van der Waals surface area contributed by atoms with Crippen molar-refractivity contribution in [3.05, 3.63) is 47.5 Å². The van der Waals surface area contributed by atoms with E-state index in [4.69, 9.17) is 28.1 Å². The van der Waals surface area contributed by atoms with Crippen LogP contribution in [0.3, 0.4) is 0 Å². The molecule has 0 amide bonds. The number of rotatable bonds is 8. The van der Waals surface area contributed by atoms with Gasteiger partial charge >= 0.3 is 11.9 Å². The third-order valence-electron chi connectivity index (χ3n) is 14.6. The van der Waals surface area contributed by atoms with E-state index in [-0.39, 0.29) is 41.9 Å². The van der Waals surface area contributed by atoms with E-state index in [1.807, 2.05) is 58.0 Å². The van der Waals surface area contributed by atoms with Gasteiger partial charge in [0, 0.05) is 35.5 Å². The molecular weight excluding hydrogens is 653 g/mol. The van der Waals surface area contributed by atoms with Crippen molar-refractivity contribution >= 4 is 26.0 Å². The van der Waals surface area contributed by atoms with E-state index in [1.54, 1.807) is 0 Å². The summed E-state index contributed by atoms with van der Waals surface area (Å²) in [4.78, 5) is 42.3. The molecule has 12 atom stereocenters. The van der Waals surface area contributed by atoms with Crippen LogP contribution in [0.4, 0.5) is 0 Å². The zero-order valence-electron chi connectivity index (χ0n) is 30.9. The Morgan fingerprint density at radius 3 is 2.30 bits per heavy atom. The molecule has 1 aromatic rings. The molecule has 0 N–H and O–H groups in total. The summed E-state index contributed by atoms with van der Waals surface area (Å²) in [6.07, 6.45) is 2.27. The van der Waals surface area contributed by atoms with E-state index in [0.29, 0.717) is 25.9 Å². The van der Waals surface area contributed by atoms with Gasteiger partial charge in [0.15, 0.2) is 13.9 Å². The number of carbonyl (C=O) groups excluding carboxylic acids is 3. The Morgan fingerprint density at radius 2 is 1.62 bits per heavy atom. The highest BCUT2D eigenvalue weighted by Gasteiger charge is 2.81. The van der Waals surface area contributed by atoms with Gasteiger partial charge in [-0.3, -0.25) is 9.59 Å². The fraction of sp³-hybridized carbons (Fsp3) is 0.725. The van der Waals surface area contributed by atoms with Gasteiger partial charge < -0.3 is 28.1 Å². The topological polar surface area (TPSA) is 107 Å². The van der Waals surface area contributed by atoms with E-state index >= 15 is 0 Å². The standard InChI is InChI=1S/C40H54O9Si/c1-9-50(10-2,11-3)49-39-22-38-20-19-37(8)31-28(23(4)32(37)41)30-29(24(5)34(42)45-30)46-40(31,48-38)33(44-21-25-15-13-12-14-16-25)26(38)17-18-27(39)36(6,7)47-35(39)43/h12-17,23-24,27-31,33H,9-11,18-22H2,1-8H3/t23-,24-,27-,28+,29+,30+,31-,33-,37-,38-,39+,40-/m0/s1. The first-order valence-electron chi connectivity index (χ1n) is 19.1. The molecule has 0 radical (unpaired) electrons. The highest BCUT2D eigenvalue weighted by molar-refractivity contribution is 6.73. The molecule has 8 rings (SSSR count). The summed E-state index contributed by atoms with van der Waals surface area (Å²) in [5.74, 6) is -3.72. The smallest absolute Gasteiger partial charge is 0.338 e. The largest absolute Gasteiger partial charge is 0.459 e. The van der Waals surface area contributed by atoms with Crippen molar-refractivity contribution in [2.75, 3.05) is 0 Å². The van der Waals surface area contributed by atoms with Crippen molar-refractivity contribution in [3.8, 4) is 0 Å². The van der Waals surface area contributed by atoms with E-state index in [9.17, 15) is 14.4 Å². The molecule has 5 saturated heterocycles. The monoisotopic (exact) mass is 706 g/mol. The second-order valence-electron chi connectivity index (χ2n) is 17.2. The van der Waals surface area contributed by atoms with Crippen molar-refractivity contribution in [3.63, 3.8) is 0 Å². The molecular formula is C40H54O9Si. The van der Waals surface area contributed by atoms with Crippen molar-refractivity contribution in [2.45, 2.75) is 147 Å². The number of cyclic esters (lactones) is 1. The maximum atomic E-state index is 14.6. The van der Waals surface area contributed by atoms with Gasteiger partial charge in [0.1, 0.15) is 29.7 Å². The zero-order valence-corrected chi connectivity index (χ0v) is 31.9. The first kappa shape index (κ1) is 34.7. The highest BCUT2D eigenvalue weighted by Crippen LogP contribution is 2.71. The Hall–Kier alpha value is -2.37. The molecule has 0 unspecified atom stereocenters. The number of ketones is 1. The molecule has 2 bridgehead atoms. The predicted molar refractivity (Wildman–Crippen MR) is 186 cm³/mol. The van der Waals surface area contributed by atoms with Gasteiger partial charge in [-0.05, 0) is 69.3 Å². The van der Waals surface area contributed by atoms with Crippen molar-refractivity contribution in [1.29, 1.82) is 0 Å². The van der Waals surface area contributed by atoms with Crippen molar-refractivity contribution in [2.24, 2.45) is 35.0 Å². The molecule has 1 saturated carbocycles. The van der Waals surface area contributed by atoms with Gasteiger partial charge in [0.25, 0.3) is 0 Å². The first-order chi connectivity index (χ1) is 23.7. The average molecular weight is 707 g/mol. The number of carbonyl (C=O) groups is 3. The second-order valence-corrected chi connectivity index (χ2v) is 21.9. The lowest BCUT2D eigenvalue weighted by molar-refractivity contribution is -0.368. The fourth-order valence-electron chi connectivity index (χ4n) is 11.8. The minimum absolute atomic E-state index is 0.153. The SMILES string of the molecule is CC[Si](CC)(CC)O[C@]12C[C@]34CC[C@]5(C)C(=O)[C@@H](C)[C@@H]6[C@H]7OC(=O)[C@@H](C)[C@H]7O[C@](O3)([C@@H]65)[C@@H](OCc3ccccc3)C4=CC[C@H]1C(C)(C)OC2=O. The molecule has 50 heavy (non-hydrogen) atoms. The zero-order chi connectivity index (χ0) is 35.6. The maximum absolute atomic E-state index is 14.6. The number of Topliss-reactive ketones (excluding diaryl/α,β-unsaturated/α-hetero) is 1. The molecule has 1 aromatic carbocycles. The Kier molecular flexibility index (Phi) is 7.85. The van der Waals surface area contributed by atoms with Gasteiger partial charge in [0.05, 0.1) is 18.1 Å². The van der Waals surface area contributed by atoms with Crippen molar-refractivity contribution < 1.29 is 42.5 Å². The van der Waals surface area contributed by atoms with Crippen LogP contribution in [0, 0.1) is 35.0 Å². The van der Waals surface area contributed by atoms with Crippen LogP contribution >= 0.6 is 0 Å². The lowest BCUT2D eigenvalue weighted by Crippen LogP contribution is -2.65. The average Bonchev–Trinajstić information content (AvgIpc) is 3.57. The number of hydrogen-bond donors (Lipinski definition) is 0. The number of hydrogen-bond acceptors (Lipinski definition) is 9. The number of ether oxygens (including phenoxy) is 5. The van der Waals surface area contributed by atoms with Crippen LogP contribution in [0.15, 0.2) is 42.0 Å². The summed E-state index contributed by atoms with van der Waals surface area (Å²) in [5.41, 5.74) is -1.86. The number of esters is 2. The summed E-state index contributed by atoms with van der Waals surface area (Å²) < 4.78 is 41.8. The van der Waals surface area contributed by atoms with Crippen LogP contribution in [-0.2, 0) is 49.1 Å². The molecule has 7 aliphatic rings. The van der Waals surface area contributed by atoms with E-state index in [2.05, 4.69) is 33.8 Å². The summed E-state index contributed by atoms with van der Waals surface area (Å²) in [6.45, 7) is 16.7. The molecule has 5 aliphatic heterocycles. The van der Waals surface area contributed by atoms with E-state index in [1.165, 1.54) is 0 Å². The lowest BCUT2D eigenvalue weighted by Gasteiger charge is -2.52. The Morgan fingerprint density at radius 1 is 0.920 bits per heavy atom. The molecule has 5 heterocycles. The summed E-state index contributed by atoms with van der Waals surface area (Å²) >= 11 is 0. The Balaban J connectivity index is 1.33. The van der Waals surface area contributed by atoms with Crippen LogP contribution in [0.1, 0.15) is 86.6 Å². The minimum Gasteiger partial charge on any atom is -0.459 e. The van der Waals surface area contributed by atoms with Crippen LogP contribution in [-0.4, -0.2) is 66.9 Å². The van der Waals surface area contributed by atoms with Crippen molar-refractivity contribution in [1.82, 2.24) is 0 Å². The highest BCUT2D eigenvalue weighted by atomic mass is 28.4. The van der Waals surface area contributed by atoms with Gasteiger partial charge in [0.2, 0.25) is 5.79 Å². The molecule has 2 aliphatic carbocycles. The van der Waals surface area contributed by atoms with E-state index < -0.39 is 66.5 Å². The van der Waals surface area contributed by atoms with Crippen LogP contribution < -0.4 is 0 Å². The predicted octanol–water partition coefficient (Wildman–Crippen LogP) is 6.68. The molecule has 10 heteroatoms. The molecule has 9 nitrogen and oxygen atoms in total. The van der Waals surface area contributed by atoms with Gasteiger partial charge in [-0.15, -0.1) is 0 Å². The van der Waals surface area contributed by atoms with Gasteiger partial charge in [-0.1, -0.05) is 71.0 Å². The minimum atomic E-state index is -2.37. The van der Waals surface area contributed by atoms with Gasteiger partial charge in [-0.2, -0.15) is 0 Å². The van der Waals surface area contributed by atoms with E-state index in [0.717, 1.165) is 29.3 Å². The maximum Gasteiger partial charge on any atom is 0.338 e. The first-order valence-corrected chi connectivity index (χ1v) is 21.6. The molecule has 2 spiro atoms. The summed E-state index contributed by atoms with van der Waals surface area (Å²) in [6, 6.07) is 12.7. The molecule has 6 fully saturated rings. The third-order valence-corrected chi connectivity index (χ3v) is 19.3. The number of allylic oxidation sites excluding steroid dienone is 1. The molecule has 0 aromatic heterocycles. The second kappa shape index (κ2) is 11.3. The number of fused-ring (bicyclic) bond motifs is 3. The van der Waals surface area contributed by atoms with Crippen LogP contribution in [0.25, 0.3) is 0 Å². The Labute approximate surface area is 297 Å². The summed E-state index contributed by atoms with van der Waals surface area (Å²) in [7, 11) is -2.37. The normalized spacial score (nSPS) is 45.4. The molecule has 272 valence electrons. The number of benzene rings is 1. The quantitative estimate of drug-likeness (QED) is 0.166. The Bertz CT molecular complexity index is 1610. The summed E-state index contributed by atoms with van der Waals surface area (Å²) in [5, 5.41) is 0. The lowest BCUT2D eigenvalue weighted by atomic mass is 9.61. The van der Waals surface area contributed by atoms with Crippen LogP contribution in [0.5, 0.6) is 0 Å². The fourth-order valence-corrected chi connectivity index (χ4v) is 14.8. The van der Waals surface area contributed by atoms with Gasteiger partial charge in [-0.25, -0.2) is 4.79 Å². The third kappa shape index (κ3) is 4.40.